The van der Waals surface area contributed by atoms with Gasteiger partial charge in [-0.2, -0.15) is 0 Å². The zero-order chi connectivity index (χ0) is 28.6. The highest BCUT2D eigenvalue weighted by Gasteiger charge is 2.44. The Morgan fingerprint density at radius 2 is 1.25 bits per heavy atom. The molecular weight excluding hydrogens is 522 g/mol. The molecule has 3 atom stereocenters. The number of carbonyl (C=O) groups is 2. The molecule has 4 rings (SSSR count). The molecule has 0 radical (unpaired) electrons. The van der Waals surface area contributed by atoms with Crippen LogP contribution in [0.3, 0.4) is 0 Å². The number of hydrogen-bond donors (Lipinski definition) is 1. The molecule has 12 nitrogen and oxygen atoms in total. The lowest BCUT2D eigenvalue weighted by Crippen LogP contribution is -2.55. The smallest absolute Gasteiger partial charge is 0.336 e. The Bertz CT molecular complexity index is 1190. The van der Waals surface area contributed by atoms with Gasteiger partial charge in [0.05, 0.1) is 38.6 Å². The van der Waals surface area contributed by atoms with Gasteiger partial charge in [-0.25, -0.2) is 28.1 Å². The highest BCUT2D eigenvalue weighted by molar-refractivity contribution is 5.69. The molecule has 1 aromatic heterocycles. The summed E-state index contributed by atoms with van der Waals surface area (Å²) >= 11 is 0. The molecule has 3 aliphatic rings. The van der Waals surface area contributed by atoms with E-state index in [0.29, 0.717) is 37.3 Å². The SMILES string of the molecule is CC1CCC(COC(=O)CCCn2c(=O)n(CCO)c(=O)n(CCCC(=O)OCC3CCC4OC4C3)c2=O)CC1. The van der Waals surface area contributed by atoms with Crippen LogP contribution >= 0.6 is 0 Å². The van der Waals surface area contributed by atoms with Gasteiger partial charge in [-0.3, -0.25) is 9.59 Å². The molecule has 40 heavy (non-hydrogen) atoms. The van der Waals surface area contributed by atoms with Gasteiger partial charge >= 0.3 is 29.0 Å². The first kappa shape index (κ1) is 30.2. The largest absolute Gasteiger partial charge is 0.465 e. The van der Waals surface area contributed by atoms with Crippen molar-refractivity contribution in [3.05, 3.63) is 31.5 Å². The first-order chi connectivity index (χ1) is 19.3. The highest BCUT2D eigenvalue weighted by Crippen LogP contribution is 2.39. The van der Waals surface area contributed by atoms with Gasteiger partial charge in [0.25, 0.3) is 0 Å². The Morgan fingerprint density at radius 3 is 1.77 bits per heavy atom. The molecule has 1 N–H and O–H groups in total. The highest BCUT2D eigenvalue weighted by atomic mass is 16.6. The number of nitrogens with zero attached hydrogens (tertiary/aromatic N) is 3. The van der Waals surface area contributed by atoms with Gasteiger partial charge in [-0.15, -0.1) is 0 Å². The second-order valence-corrected chi connectivity index (χ2v) is 11.6. The Hall–Kier alpha value is -2.73. The maximum Gasteiger partial charge on any atom is 0.336 e. The van der Waals surface area contributed by atoms with E-state index in [4.69, 9.17) is 14.2 Å². The van der Waals surface area contributed by atoms with Crippen LogP contribution in [-0.2, 0) is 43.4 Å². The van der Waals surface area contributed by atoms with Crippen molar-refractivity contribution in [2.24, 2.45) is 17.8 Å². The van der Waals surface area contributed by atoms with Gasteiger partial charge in [0.2, 0.25) is 0 Å². The molecule has 1 aromatic rings. The molecule has 0 spiro atoms. The van der Waals surface area contributed by atoms with Crippen molar-refractivity contribution in [1.29, 1.82) is 0 Å². The molecule has 3 unspecified atom stereocenters. The third-order valence-corrected chi connectivity index (χ3v) is 8.44. The van der Waals surface area contributed by atoms with Crippen molar-refractivity contribution in [3.8, 4) is 0 Å². The van der Waals surface area contributed by atoms with Crippen LogP contribution in [0.5, 0.6) is 0 Å². The fourth-order valence-electron chi connectivity index (χ4n) is 5.82. The van der Waals surface area contributed by atoms with Crippen LogP contribution in [-0.4, -0.2) is 62.8 Å². The fraction of sp³-hybridized carbons (Fsp3) is 0.821. The van der Waals surface area contributed by atoms with Crippen molar-refractivity contribution in [1.82, 2.24) is 13.7 Å². The molecule has 12 heteroatoms. The summed E-state index contributed by atoms with van der Waals surface area (Å²) in [5.41, 5.74) is -2.47. The van der Waals surface area contributed by atoms with Crippen LogP contribution in [0.4, 0.5) is 0 Å². The lowest BCUT2D eigenvalue weighted by molar-refractivity contribution is -0.146. The Labute approximate surface area is 233 Å². The predicted molar refractivity (Wildman–Crippen MR) is 144 cm³/mol. The van der Waals surface area contributed by atoms with Crippen LogP contribution in [0.1, 0.15) is 77.6 Å². The molecule has 2 heterocycles. The topological polar surface area (TPSA) is 151 Å². The average molecular weight is 566 g/mol. The van der Waals surface area contributed by atoms with Crippen LogP contribution < -0.4 is 17.1 Å². The van der Waals surface area contributed by atoms with Crippen LogP contribution in [0, 0.1) is 17.8 Å². The molecule has 0 aromatic carbocycles. The van der Waals surface area contributed by atoms with Crippen molar-refractivity contribution >= 4 is 11.9 Å². The van der Waals surface area contributed by atoms with Gasteiger partial charge in [0.15, 0.2) is 0 Å². The quantitative estimate of drug-likeness (QED) is 0.259. The van der Waals surface area contributed by atoms with E-state index >= 15 is 0 Å². The van der Waals surface area contributed by atoms with E-state index < -0.39 is 29.6 Å². The lowest BCUT2D eigenvalue weighted by Gasteiger charge is -2.25. The van der Waals surface area contributed by atoms with Crippen LogP contribution in [0.2, 0.25) is 0 Å². The standard InChI is InChI=1S/C28H43N3O9/c1-19-6-8-20(9-7-19)17-38-24(33)4-2-12-29-26(35)30(28(37)31(14-15-32)27(29)36)13-3-5-25(34)39-18-21-10-11-22-23(16-21)40-22/h19-23,32H,2-18H2,1H3. The number of carbonyl (C=O) groups excluding carboxylic acids is 2. The monoisotopic (exact) mass is 565 g/mol. The molecule has 0 bridgehead atoms. The van der Waals surface area contributed by atoms with Gasteiger partial charge in [-0.05, 0) is 62.7 Å². The van der Waals surface area contributed by atoms with Crippen molar-refractivity contribution in [2.45, 2.75) is 109 Å². The normalized spacial score (nSPS) is 25.7. The van der Waals surface area contributed by atoms with E-state index in [1.54, 1.807) is 0 Å². The number of epoxide rings is 1. The summed E-state index contributed by atoms with van der Waals surface area (Å²) in [6.07, 6.45) is 8.33. The number of rotatable bonds is 14. The van der Waals surface area contributed by atoms with Gasteiger partial charge < -0.3 is 19.3 Å². The molecule has 1 aliphatic heterocycles. The van der Waals surface area contributed by atoms with Crippen molar-refractivity contribution in [3.63, 3.8) is 0 Å². The third kappa shape index (κ3) is 8.15. The fourth-order valence-corrected chi connectivity index (χ4v) is 5.82. The number of fused-ring (bicyclic) bond motifs is 1. The summed E-state index contributed by atoms with van der Waals surface area (Å²) in [4.78, 5) is 63.2. The number of esters is 2. The molecule has 1 saturated heterocycles. The minimum absolute atomic E-state index is 0.0199. The summed E-state index contributed by atoms with van der Waals surface area (Å²) in [6.45, 7) is 2.07. The molecule has 2 aliphatic carbocycles. The van der Waals surface area contributed by atoms with E-state index in [2.05, 4.69) is 6.92 Å². The lowest BCUT2D eigenvalue weighted by atomic mass is 9.83. The molecule has 2 saturated carbocycles. The Morgan fingerprint density at radius 1 is 0.750 bits per heavy atom. The summed E-state index contributed by atoms with van der Waals surface area (Å²) in [5.74, 6) is 0.591. The number of aliphatic hydroxyl groups is 1. The van der Waals surface area contributed by atoms with E-state index in [9.17, 15) is 29.1 Å². The van der Waals surface area contributed by atoms with Crippen LogP contribution in [0.25, 0.3) is 0 Å². The summed E-state index contributed by atoms with van der Waals surface area (Å²) in [7, 11) is 0. The Balaban J connectivity index is 1.27. The summed E-state index contributed by atoms with van der Waals surface area (Å²) in [5, 5.41) is 9.36. The second kappa shape index (κ2) is 14.2. The predicted octanol–water partition coefficient (Wildman–Crippen LogP) is 1.20. The van der Waals surface area contributed by atoms with E-state index in [1.165, 1.54) is 0 Å². The third-order valence-electron chi connectivity index (χ3n) is 8.44. The summed E-state index contributed by atoms with van der Waals surface area (Å²) < 4.78 is 18.9. The molecule has 0 amide bonds. The molecular formula is C28H43N3O9. The second-order valence-electron chi connectivity index (χ2n) is 11.6. The van der Waals surface area contributed by atoms with Gasteiger partial charge in [0.1, 0.15) is 0 Å². The zero-order valence-corrected chi connectivity index (χ0v) is 23.5. The molecule has 3 fully saturated rings. The zero-order valence-electron chi connectivity index (χ0n) is 23.5. The van der Waals surface area contributed by atoms with Crippen molar-refractivity contribution < 1.29 is 28.9 Å². The number of aromatic nitrogens is 3. The van der Waals surface area contributed by atoms with Crippen molar-refractivity contribution in [2.75, 3.05) is 19.8 Å². The van der Waals surface area contributed by atoms with Gasteiger partial charge in [-0.1, -0.05) is 19.8 Å². The Kier molecular flexibility index (Phi) is 10.8. The molecule has 224 valence electrons. The minimum atomic E-state index is -0.837. The van der Waals surface area contributed by atoms with E-state index in [-0.39, 0.29) is 57.2 Å². The van der Waals surface area contributed by atoms with E-state index in [1.807, 2.05) is 0 Å². The maximum atomic E-state index is 13.1. The number of aliphatic hydroxyl groups excluding tert-OH is 1. The number of ether oxygens (including phenoxy) is 3. The first-order valence-corrected chi connectivity index (χ1v) is 14.8. The van der Waals surface area contributed by atoms with Gasteiger partial charge in [0, 0.05) is 25.9 Å². The first-order valence-electron chi connectivity index (χ1n) is 14.8. The number of hydrogen-bond acceptors (Lipinski definition) is 9. The van der Waals surface area contributed by atoms with E-state index in [0.717, 1.165) is 58.6 Å². The van der Waals surface area contributed by atoms with Crippen LogP contribution in [0.15, 0.2) is 14.4 Å². The summed E-state index contributed by atoms with van der Waals surface area (Å²) in [6, 6.07) is 0. The minimum Gasteiger partial charge on any atom is -0.465 e. The maximum absolute atomic E-state index is 13.1. The average Bonchev–Trinajstić information content (AvgIpc) is 3.72.